The quantitative estimate of drug-likeness (QED) is 0.775. The Balaban J connectivity index is 1.48. The van der Waals surface area contributed by atoms with Gasteiger partial charge >= 0.3 is 0 Å². The molecule has 134 valence electrons. The second kappa shape index (κ2) is 8.20. The van der Waals surface area contributed by atoms with Gasteiger partial charge in [-0.3, -0.25) is 4.90 Å². The van der Waals surface area contributed by atoms with E-state index in [0.717, 1.165) is 50.5 Å². The number of aliphatic hydroxyl groups excluding tert-OH is 1. The zero-order chi connectivity index (χ0) is 16.9. The third-order valence-corrected chi connectivity index (χ3v) is 4.59. The lowest BCUT2D eigenvalue weighted by Gasteiger charge is -2.31. The number of β-amino-alcohol motifs (C(OH)–C–C–N with tert-alkyl or cyclic N) is 1. The predicted octanol–water partition coefficient (Wildman–Crippen LogP) is 0.457. The highest BCUT2D eigenvalue weighted by Crippen LogP contribution is 2.24. The van der Waals surface area contributed by atoms with E-state index >= 15 is 0 Å². The van der Waals surface area contributed by atoms with Crippen LogP contribution in [-0.2, 0) is 22.4 Å². The lowest BCUT2D eigenvalue weighted by Crippen LogP contribution is -2.39. The molecule has 1 saturated heterocycles. The SMILES string of the molecule is CN(C)c1ncnc2c1CN(C[C@@H](O)COC[C@@H]1CCCO1)CC2. The van der Waals surface area contributed by atoms with E-state index in [9.17, 15) is 5.11 Å². The molecule has 3 heterocycles. The average molecular weight is 336 g/mol. The fraction of sp³-hybridized carbons (Fsp3) is 0.765. The first-order chi connectivity index (χ1) is 11.6. The van der Waals surface area contributed by atoms with Crippen molar-refractivity contribution in [2.24, 2.45) is 0 Å². The number of ether oxygens (including phenoxy) is 2. The second-order valence-electron chi connectivity index (χ2n) is 6.83. The topological polar surface area (TPSA) is 71.0 Å². The molecule has 0 aromatic carbocycles. The highest BCUT2D eigenvalue weighted by molar-refractivity contribution is 5.48. The van der Waals surface area contributed by atoms with E-state index < -0.39 is 6.10 Å². The van der Waals surface area contributed by atoms with Gasteiger partial charge in [0.1, 0.15) is 12.1 Å². The summed E-state index contributed by atoms with van der Waals surface area (Å²) in [4.78, 5) is 13.1. The Labute approximate surface area is 143 Å². The normalized spacial score (nSPS) is 22.4. The van der Waals surface area contributed by atoms with Crippen LogP contribution in [-0.4, -0.2) is 79.2 Å². The standard InChI is InChI=1S/C17H28N4O3/c1-20(2)17-15-9-21(6-5-16(15)18-12-19-17)8-13(22)10-23-11-14-4-3-7-24-14/h12-14,22H,3-11H2,1-2H3/t13-,14+/m1/s1. The van der Waals surface area contributed by atoms with Crippen LogP contribution in [0.25, 0.3) is 0 Å². The van der Waals surface area contributed by atoms with Crippen LogP contribution in [0, 0.1) is 0 Å². The first-order valence-electron chi connectivity index (χ1n) is 8.73. The van der Waals surface area contributed by atoms with Gasteiger partial charge in [-0.1, -0.05) is 0 Å². The molecule has 0 radical (unpaired) electrons. The zero-order valence-electron chi connectivity index (χ0n) is 14.6. The smallest absolute Gasteiger partial charge is 0.136 e. The summed E-state index contributed by atoms with van der Waals surface area (Å²) in [7, 11) is 3.99. The molecule has 0 spiro atoms. The van der Waals surface area contributed by atoms with E-state index in [1.165, 1.54) is 5.56 Å². The zero-order valence-corrected chi connectivity index (χ0v) is 14.6. The van der Waals surface area contributed by atoms with Crippen molar-refractivity contribution in [1.82, 2.24) is 14.9 Å². The van der Waals surface area contributed by atoms with Crippen LogP contribution in [0.1, 0.15) is 24.1 Å². The molecule has 24 heavy (non-hydrogen) atoms. The number of aromatic nitrogens is 2. The van der Waals surface area contributed by atoms with Gasteiger partial charge in [-0.05, 0) is 12.8 Å². The lowest BCUT2D eigenvalue weighted by molar-refractivity contribution is -0.0261. The minimum atomic E-state index is -0.486. The fourth-order valence-electron chi connectivity index (χ4n) is 3.39. The number of nitrogens with zero attached hydrogens (tertiary/aromatic N) is 4. The van der Waals surface area contributed by atoms with Crippen molar-refractivity contribution < 1.29 is 14.6 Å². The summed E-state index contributed by atoms with van der Waals surface area (Å²) >= 11 is 0. The van der Waals surface area contributed by atoms with Crippen LogP contribution in [0.4, 0.5) is 5.82 Å². The number of hydrogen-bond acceptors (Lipinski definition) is 7. The van der Waals surface area contributed by atoms with Gasteiger partial charge < -0.3 is 19.5 Å². The van der Waals surface area contributed by atoms with Gasteiger partial charge in [-0.2, -0.15) is 0 Å². The van der Waals surface area contributed by atoms with Gasteiger partial charge in [0.15, 0.2) is 0 Å². The summed E-state index contributed by atoms with van der Waals surface area (Å²) in [6, 6.07) is 0. The molecule has 0 amide bonds. The second-order valence-corrected chi connectivity index (χ2v) is 6.83. The van der Waals surface area contributed by atoms with Crippen LogP contribution in [0.5, 0.6) is 0 Å². The molecular formula is C17H28N4O3. The summed E-state index contributed by atoms with van der Waals surface area (Å²) in [5.74, 6) is 0.967. The number of aliphatic hydroxyl groups is 1. The van der Waals surface area contributed by atoms with E-state index in [1.807, 2.05) is 19.0 Å². The van der Waals surface area contributed by atoms with Crippen LogP contribution in [0.15, 0.2) is 6.33 Å². The van der Waals surface area contributed by atoms with Crippen molar-refractivity contribution in [3.63, 3.8) is 0 Å². The first kappa shape index (κ1) is 17.5. The Bertz CT molecular complexity index is 535. The lowest BCUT2D eigenvalue weighted by atomic mass is 10.1. The molecule has 2 aliphatic heterocycles. The molecule has 0 saturated carbocycles. The van der Waals surface area contributed by atoms with Crippen LogP contribution >= 0.6 is 0 Å². The Morgan fingerprint density at radius 1 is 1.46 bits per heavy atom. The van der Waals surface area contributed by atoms with Crippen LogP contribution < -0.4 is 4.90 Å². The third-order valence-electron chi connectivity index (χ3n) is 4.59. The van der Waals surface area contributed by atoms with Crippen molar-refractivity contribution in [1.29, 1.82) is 0 Å². The van der Waals surface area contributed by atoms with E-state index in [4.69, 9.17) is 9.47 Å². The summed E-state index contributed by atoms with van der Waals surface area (Å²) in [5.41, 5.74) is 2.29. The van der Waals surface area contributed by atoms with Crippen molar-refractivity contribution in [3.8, 4) is 0 Å². The monoisotopic (exact) mass is 336 g/mol. The Kier molecular flexibility index (Phi) is 5.99. The largest absolute Gasteiger partial charge is 0.389 e. The number of hydrogen-bond donors (Lipinski definition) is 1. The molecule has 1 aromatic heterocycles. The number of rotatable bonds is 7. The van der Waals surface area contributed by atoms with Crippen molar-refractivity contribution in [3.05, 3.63) is 17.6 Å². The maximum Gasteiger partial charge on any atom is 0.136 e. The molecule has 2 aliphatic rings. The molecule has 1 fully saturated rings. The van der Waals surface area contributed by atoms with Gasteiger partial charge in [0, 0.05) is 52.3 Å². The maximum absolute atomic E-state index is 10.3. The van der Waals surface area contributed by atoms with E-state index in [0.29, 0.717) is 19.8 Å². The molecule has 2 atom stereocenters. The number of anilines is 1. The Morgan fingerprint density at radius 3 is 3.08 bits per heavy atom. The van der Waals surface area contributed by atoms with Gasteiger partial charge in [0.25, 0.3) is 0 Å². The predicted molar refractivity (Wildman–Crippen MR) is 91.1 cm³/mol. The molecule has 0 aliphatic carbocycles. The molecule has 1 N–H and O–H groups in total. The van der Waals surface area contributed by atoms with Gasteiger partial charge in [0.05, 0.1) is 31.1 Å². The van der Waals surface area contributed by atoms with Gasteiger partial charge in [-0.25, -0.2) is 9.97 Å². The van der Waals surface area contributed by atoms with Gasteiger partial charge in [0.2, 0.25) is 0 Å². The Morgan fingerprint density at radius 2 is 2.33 bits per heavy atom. The molecular weight excluding hydrogens is 308 g/mol. The molecule has 3 rings (SSSR count). The summed E-state index contributed by atoms with van der Waals surface area (Å²) in [5, 5.41) is 10.3. The highest BCUT2D eigenvalue weighted by atomic mass is 16.5. The van der Waals surface area contributed by atoms with E-state index in [2.05, 4.69) is 14.9 Å². The van der Waals surface area contributed by atoms with Crippen molar-refractivity contribution in [2.75, 3.05) is 51.9 Å². The van der Waals surface area contributed by atoms with Crippen LogP contribution in [0.3, 0.4) is 0 Å². The van der Waals surface area contributed by atoms with Crippen LogP contribution in [0.2, 0.25) is 0 Å². The van der Waals surface area contributed by atoms with E-state index in [-0.39, 0.29) is 6.10 Å². The van der Waals surface area contributed by atoms with Crippen molar-refractivity contribution in [2.45, 2.75) is 38.0 Å². The molecule has 1 aromatic rings. The minimum Gasteiger partial charge on any atom is -0.389 e. The average Bonchev–Trinajstić information content (AvgIpc) is 3.07. The summed E-state index contributed by atoms with van der Waals surface area (Å²) < 4.78 is 11.1. The maximum atomic E-state index is 10.3. The first-order valence-corrected chi connectivity index (χ1v) is 8.73. The highest BCUT2D eigenvalue weighted by Gasteiger charge is 2.23. The molecule has 0 bridgehead atoms. The molecule has 0 unspecified atom stereocenters. The van der Waals surface area contributed by atoms with E-state index in [1.54, 1.807) is 6.33 Å². The summed E-state index contributed by atoms with van der Waals surface area (Å²) in [6.45, 7) is 4.05. The Hall–Kier alpha value is -1.28. The van der Waals surface area contributed by atoms with Gasteiger partial charge in [-0.15, -0.1) is 0 Å². The summed E-state index contributed by atoms with van der Waals surface area (Å²) in [6.07, 6.45) is 4.42. The minimum absolute atomic E-state index is 0.207. The third kappa shape index (κ3) is 4.42. The molecule has 7 nitrogen and oxygen atoms in total. The molecule has 7 heteroatoms. The fourth-order valence-corrected chi connectivity index (χ4v) is 3.39. The van der Waals surface area contributed by atoms with Crippen molar-refractivity contribution >= 4 is 5.82 Å². The number of fused-ring (bicyclic) bond motifs is 1.